The standard InChI is InChI=1S/C13H17BrO2/c1-11(4-3-9-14)16-10-12-5-7-13(15-2)8-6-12/h3,5-9,11H,4,10H2,1-2H3/t11-/m1/s1. The fourth-order valence-corrected chi connectivity index (χ4v) is 1.49. The van der Waals surface area contributed by atoms with Crippen LogP contribution < -0.4 is 4.74 Å². The van der Waals surface area contributed by atoms with E-state index in [2.05, 4.69) is 22.9 Å². The van der Waals surface area contributed by atoms with Gasteiger partial charge in [-0.2, -0.15) is 0 Å². The fourth-order valence-electron chi connectivity index (χ4n) is 1.27. The first kappa shape index (κ1) is 13.3. The summed E-state index contributed by atoms with van der Waals surface area (Å²) >= 11 is 3.24. The molecule has 3 heteroatoms. The average molecular weight is 285 g/mol. The van der Waals surface area contributed by atoms with Gasteiger partial charge < -0.3 is 9.47 Å². The Morgan fingerprint density at radius 3 is 2.56 bits per heavy atom. The highest BCUT2D eigenvalue weighted by Crippen LogP contribution is 2.13. The van der Waals surface area contributed by atoms with Gasteiger partial charge in [-0.1, -0.05) is 34.1 Å². The van der Waals surface area contributed by atoms with Crippen molar-refractivity contribution in [1.82, 2.24) is 0 Å². The van der Waals surface area contributed by atoms with Crippen LogP contribution in [-0.2, 0) is 11.3 Å². The van der Waals surface area contributed by atoms with Gasteiger partial charge in [0, 0.05) is 0 Å². The number of methoxy groups -OCH3 is 1. The molecule has 0 amide bonds. The van der Waals surface area contributed by atoms with Crippen LogP contribution in [0.5, 0.6) is 5.75 Å². The molecule has 0 fully saturated rings. The highest BCUT2D eigenvalue weighted by molar-refractivity contribution is 9.11. The van der Waals surface area contributed by atoms with Crippen LogP contribution in [0.4, 0.5) is 0 Å². The van der Waals surface area contributed by atoms with Crippen molar-refractivity contribution in [2.75, 3.05) is 7.11 Å². The molecule has 16 heavy (non-hydrogen) atoms. The molecule has 0 spiro atoms. The number of rotatable bonds is 6. The monoisotopic (exact) mass is 284 g/mol. The SMILES string of the molecule is COc1ccc(CO[C@H](C)CC=CBr)cc1. The van der Waals surface area contributed by atoms with Crippen molar-refractivity contribution in [3.63, 3.8) is 0 Å². The van der Waals surface area contributed by atoms with E-state index in [9.17, 15) is 0 Å². The molecule has 0 aromatic heterocycles. The number of hydrogen-bond acceptors (Lipinski definition) is 2. The Labute approximate surface area is 105 Å². The molecule has 1 atom stereocenters. The topological polar surface area (TPSA) is 18.5 Å². The van der Waals surface area contributed by atoms with Gasteiger partial charge in [-0.15, -0.1) is 0 Å². The summed E-state index contributed by atoms with van der Waals surface area (Å²) in [7, 11) is 1.67. The highest BCUT2D eigenvalue weighted by atomic mass is 79.9. The van der Waals surface area contributed by atoms with Gasteiger partial charge in [-0.25, -0.2) is 0 Å². The van der Waals surface area contributed by atoms with Crippen LogP contribution in [0.2, 0.25) is 0 Å². The zero-order chi connectivity index (χ0) is 11.8. The second-order valence-electron chi connectivity index (χ2n) is 3.57. The molecule has 1 rings (SSSR count). The van der Waals surface area contributed by atoms with Gasteiger partial charge in [-0.3, -0.25) is 0 Å². The Bertz CT molecular complexity index is 319. The molecule has 2 nitrogen and oxygen atoms in total. The van der Waals surface area contributed by atoms with Crippen molar-refractivity contribution in [3.05, 3.63) is 40.9 Å². The molecule has 0 heterocycles. The van der Waals surface area contributed by atoms with E-state index in [-0.39, 0.29) is 6.10 Å². The highest BCUT2D eigenvalue weighted by Gasteiger charge is 2.00. The maximum atomic E-state index is 5.69. The maximum Gasteiger partial charge on any atom is 0.118 e. The molecule has 0 aliphatic rings. The third-order valence-corrected chi connectivity index (χ3v) is 2.62. The lowest BCUT2D eigenvalue weighted by Gasteiger charge is -2.11. The van der Waals surface area contributed by atoms with Crippen LogP contribution >= 0.6 is 15.9 Å². The summed E-state index contributed by atoms with van der Waals surface area (Å²) in [5, 5.41) is 0. The summed E-state index contributed by atoms with van der Waals surface area (Å²) < 4.78 is 10.8. The largest absolute Gasteiger partial charge is 0.497 e. The first-order valence-corrected chi connectivity index (χ1v) is 6.17. The van der Waals surface area contributed by atoms with Gasteiger partial charge in [0.2, 0.25) is 0 Å². The molecule has 0 saturated carbocycles. The van der Waals surface area contributed by atoms with E-state index in [0.717, 1.165) is 17.7 Å². The second-order valence-corrected chi connectivity index (χ2v) is 4.10. The number of ether oxygens (including phenoxy) is 2. The van der Waals surface area contributed by atoms with Crippen LogP contribution in [0.25, 0.3) is 0 Å². The van der Waals surface area contributed by atoms with Gasteiger partial charge in [0.1, 0.15) is 5.75 Å². The molecule has 0 aliphatic heterocycles. The van der Waals surface area contributed by atoms with Crippen LogP contribution in [0, 0.1) is 0 Å². The van der Waals surface area contributed by atoms with Gasteiger partial charge in [0.25, 0.3) is 0 Å². The fraction of sp³-hybridized carbons (Fsp3) is 0.385. The molecular weight excluding hydrogens is 268 g/mol. The Kier molecular flexibility index (Phi) is 6.19. The molecule has 1 aromatic carbocycles. The zero-order valence-electron chi connectivity index (χ0n) is 9.65. The minimum absolute atomic E-state index is 0.232. The molecule has 0 N–H and O–H groups in total. The first-order chi connectivity index (χ1) is 7.76. The Balaban J connectivity index is 2.36. The summed E-state index contributed by atoms with van der Waals surface area (Å²) in [6, 6.07) is 7.93. The molecule has 88 valence electrons. The molecule has 1 aromatic rings. The lowest BCUT2D eigenvalue weighted by Crippen LogP contribution is -2.06. The van der Waals surface area contributed by atoms with Crippen LogP contribution in [0.3, 0.4) is 0 Å². The van der Waals surface area contributed by atoms with E-state index in [1.54, 1.807) is 7.11 Å². The van der Waals surface area contributed by atoms with E-state index in [1.165, 1.54) is 0 Å². The minimum Gasteiger partial charge on any atom is -0.497 e. The summed E-state index contributed by atoms with van der Waals surface area (Å²) in [6.07, 6.45) is 3.19. The normalized spacial score (nSPS) is 12.9. The third kappa shape index (κ3) is 4.81. The lowest BCUT2D eigenvalue weighted by molar-refractivity contribution is 0.0553. The Hall–Kier alpha value is -0.800. The lowest BCUT2D eigenvalue weighted by atomic mass is 10.2. The molecular formula is C13H17BrO2. The van der Waals surface area contributed by atoms with Crippen molar-refractivity contribution < 1.29 is 9.47 Å². The number of halogens is 1. The van der Waals surface area contributed by atoms with Crippen LogP contribution in [-0.4, -0.2) is 13.2 Å². The molecule has 0 radical (unpaired) electrons. The molecule has 0 bridgehead atoms. The average Bonchev–Trinajstić information content (AvgIpc) is 2.34. The number of benzene rings is 1. The van der Waals surface area contributed by atoms with Crippen molar-refractivity contribution in [2.24, 2.45) is 0 Å². The Morgan fingerprint density at radius 1 is 1.31 bits per heavy atom. The van der Waals surface area contributed by atoms with Crippen molar-refractivity contribution in [1.29, 1.82) is 0 Å². The number of hydrogen-bond donors (Lipinski definition) is 0. The van der Waals surface area contributed by atoms with Crippen LogP contribution in [0.15, 0.2) is 35.3 Å². The zero-order valence-corrected chi connectivity index (χ0v) is 11.2. The van der Waals surface area contributed by atoms with Gasteiger partial charge >= 0.3 is 0 Å². The summed E-state index contributed by atoms with van der Waals surface area (Å²) in [6.45, 7) is 2.71. The molecule has 0 saturated heterocycles. The minimum atomic E-state index is 0.232. The predicted octanol–water partition coefficient (Wildman–Crippen LogP) is 3.90. The van der Waals surface area contributed by atoms with Crippen LogP contribution in [0.1, 0.15) is 18.9 Å². The van der Waals surface area contributed by atoms with Crippen molar-refractivity contribution in [3.8, 4) is 5.75 Å². The van der Waals surface area contributed by atoms with Gasteiger partial charge in [0.05, 0.1) is 19.8 Å². The van der Waals surface area contributed by atoms with Gasteiger partial charge in [-0.05, 0) is 36.0 Å². The second kappa shape index (κ2) is 7.47. The summed E-state index contributed by atoms with van der Waals surface area (Å²) in [5.74, 6) is 0.874. The van der Waals surface area contributed by atoms with E-state index in [4.69, 9.17) is 9.47 Å². The van der Waals surface area contributed by atoms with E-state index < -0.39 is 0 Å². The molecule has 0 aliphatic carbocycles. The first-order valence-electron chi connectivity index (χ1n) is 5.26. The predicted molar refractivity (Wildman–Crippen MR) is 69.9 cm³/mol. The van der Waals surface area contributed by atoms with Crippen molar-refractivity contribution in [2.45, 2.75) is 26.1 Å². The summed E-state index contributed by atoms with van der Waals surface area (Å²) in [4.78, 5) is 1.86. The third-order valence-electron chi connectivity index (χ3n) is 2.25. The maximum absolute atomic E-state index is 5.69. The van der Waals surface area contributed by atoms with E-state index in [1.807, 2.05) is 35.3 Å². The smallest absolute Gasteiger partial charge is 0.118 e. The quantitative estimate of drug-likeness (QED) is 0.789. The van der Waals surface area contributed by atoms with E-state index >= 15 is 0 Å². The van der Waals surface area contributed by atoms with Crippen molar-refractivity contribution >= 4 is 15.9 Å². The Morgan fingerprint density at radius 2 is 2.00 bits per heavy atom. The van der Waals surface area contributed by atoms with Gasteiger partial charge in [0.15, 0.2) is 0 Å². The molecule has 0 unspecified atom stereocenters. The summed E-state index contributed by atoms with van der Waals surface area (Å²) in [5.41, 5.74) is 1.16. The van der Waals surface area contributed by atoms with E-state index in [0.29, 0.717) is 6.61 Å².